The highest BCUT2D eigenvalue weighted by molar-refractivity contribution is 6.38. The molecular formula is C12H10Cl2N4O2. The number of rotatable bonds is 3. The van der Waals surface area contributed by atoms with Gasteiger partial charge in [-0.05, 0) is 18.2 Å². The Morgan fingerprint density at radius 3 is 2.55 bits per heavy atom. The van der Waals surface area contributed by atoms with Crippen molar-refractivity contribution in [2.75, 3.05) is 18.2 Å². The van der Waals surface area contributed by atoms with Gasteiger partial charge in [0.1, 0.15) is 17.8 Å². The van der Waals surface area contributed by atoms with E-state index in [1.807, 2.05) is 0 Å². The van der Waals surface area contributed by atoms with Crippen LogP contribution in [0, 0.1) is 0 Å². The summed E-state index contributed by atoms with van der Waals surface area (Å²) in [4.78, 5) is 19.7. The van der Waals surface area contributed by atoms with Gasteiger partial charge in [0.15, 0.2) is 10.3 Å². The lowest BCUT2D eigenvalue weighted by Gasteiger charge is -2.10. The molecule has 0 aliphatic rings. The van der Waals surface area contributed by atoms with Crippen molar-refractivity contribution in [3.8, 4) is 5.75 Å². The maximum absolute atomic E-state index is 12.2. The molecule has 0 radical (unpaired) electrons. The van der Waals surface area contributed by atoms with E-state index in [0.29, 0.717) is 11.4 Å². The first-order valence-electron chi connectivity index (χ1n) is 5.43. The van der Waals surface area contributed by atoms with Crippen molar-refractivity contribution in [3.05, 3.63) is 40.4 Å². The molecule has 0 saturated heterocycles. The third-order valence-corrected chi connectivity index (χ3v) is 3.07. The minimum atomic E-state index is -0.486. The fraction of sp³-hybridized carbons (Fsp3) is 0.0833. The molecule has 0 fully saturated rings. The molecule has 1 aromatic carbocycles. The topological polar surface area (TPSA) is 90.1 Å². The van der Waals surface area contributed by atoms with Crippen LogP contribution in [0.5, 0.6) is 5.75 Å². The first-order valence-corrected chi connectivity index (χ1v) is 6.19. The van der Waals surface area contributed by atoms with Crippen molar-refractivity contribution in [1.29, 1.82) is 0 Å². The average Bonchev–Trinajstić information content (AvgIpc) is 2.43. The number of amides is 1. The number of nitrogens with two attached hydrogens (primary N) is 1. The Kier molecular flexibility index (Phi) is 4.26. The molecule has 3 N–H and O–H groups in total. The van der Waals surface area contributed by atoms with Crippen LogP contribution in [0.2, 0.25) is 10.3 Å². The van der Waals surface area contributed by atoms with Crippen LogP contribution in [0.15, 0.2) is 24.5 Å². The highest BCUT2D eigenvalue weighted by Crippen LogP contribution is 2.27. The molecule has 1 heterocycles. The lowest BCUT2D eigenvalue weighted by molar-refractivity contribution is 0.102. The summed E-state index contributed by atoms with van der Waals surface area (Å²) < 4.78 is 5.05. The van der Waals surface area contributed by atoms with Gasteiger partial charge in [0, 0.05) is 5.69 Å². The summed E-state index contributed by atoms with van der Waals surface area (Å²) in [5, 5.41) is 2.61. The summed E-state index contributed by atoms with van der Waals surface area (Å²) >= 11 is 11.7. The molecule has 20 heavy (non-hydrogen) atoms. The second-order valence-corrected chi connectivity index (χ2v) is 4.45. The van der Waals surface area contributed by atoms with E-state index >= 15 is 0 Å². The Balaban J connectivity index is 2.33. The smallest absolute Gasteiger partial charge is 0.258 e. The Morgan fingerprint density at radius 1 is 1.30 bits per heavy atom. The molecule has 1 amide bonds. The zero-order chi connectivity index (χ0) is 14.7. The standard InChI is InChI=1S/C12H10Cl2N4O2/c1-20-6-2-3-8(15)7(4-6)12(19)18-9-10(13)16-5-17-11(9)14/h2-5H,15H2,1H3,(H,18,19). The zero-order valence-corrected chi connectivity index (χ0v) is 11.9. The zero-order valence-electron chi connectivity index (χ0n) is 10.4. The van der Waals surface area contributed by atoms with Gasteiger partial charge in [-0.3, -0.25) is 4.79 Å². The lowest BCUT2D eigenvalue weighted by atomic mass is 10.1. The van der Waals surface area contributed by atoms with Crippen LogP contribution >= 0.6 is 23.2 Å². The molecule has 2 aromatic rings. The van der Waals surface area contributed by atoms with E-state index in [2.05, 4.69) is 15.3 Å². The van der Waals surface area contributed by atoms with Gasteiger partial charge in [-0.15, -0.1) is 0 Å². The van der Waals surface area contributed by atoms with Crippen molar-refractivity contribution in [2.24, 2.45) is 0 Å². The third kappa shape index (κ3) is 2.92. The molecule has 0 unspecified atom stereocenters. The SMILES string of the molecule is COc1ccc(N)c(C(=O)Nc2c(Cl)ncnc2Cl)c1. The minimum Gasteiger partial charge on any atom is -0.497 e. The number of halogens is 2. The molecule has 0 saturated carbocycles. The highest BCUT2D eigenvalue weighted by atomic mass is 35.5. The number of hydrogen-bond donors (Lipinski definition) is 2. The minimum absolute atomic E-state index is 0.0415. The molecule has 2 rings (SSSR count). The molecule has 0 aliphatic heterocycles. The monoisotopic (exact) mass is 312 g/mol. The molecule has 1 aromatic heterocycles. The normalized spacial score (nSPS) is 10.2. The molecule has 0 bridgehead atoms. The molecule has 0 aliphatic carbocycles. The third-order valence-electron chi connectivity index (χ3n) is 2.50. The van der Waals surface area contributed by atoms with Crippen LogP contribution in [-0.4, -0.2) is 23.0 Å². The number of aromatic nitrogens is 2. The van der Waals surface area contributed by atoms with Gasteiger partial charge < -0.3 is 15.8 Å². The highest BCUT2D eigenvalue weighted by Gasteiger charge is 2.16. The Labute approximate surface area is 124 Å². The van der Waals surface area contributed by atoms with Gasteiger partial charge >= 0.3 is 0 Å². The number of ether oxygens (including phenoxy) is 1. The van der Waals surface area contributed by atoms with Crippen LogP contribution in [0.4, 0.5) is 11.4 Å². The van der Waals surface area contributed by atoms with E-state index in [1.165, 1.54) is 19.5 Å². The Morgan fingerprint density at radius 2 is 1.95 bits per heavy atom. The van der Waals surface area contributed by atoms with E-state index in [1.54, 1.807) is 12.1 Å². The fourth-order valence-electron chi connectivity index (χ4n) is 1.49. The van der Waals surface area contributed by atoms with Gasteiger partial charge in [-0.1, -0.05) is 23.2 Å². The predicted molar refractivity (Wildman–Crippen MR) is 77.4 cm³/mol. The molecular weight excluding hydrogens is 303 g/mol. The van der Waals surface area contributed by atoms with E-state index in [0.717, 1.165) is 0 Å². The van der Waals surface area contributed by atoms with E-state index < -0.39 is 5.91 Å². The van der Waals surface area contributed by atoms with Crippen LogP contribution in [-0.2, 0) is 0 Å². The summed E-state index contributed by atoms with van der Waals surface area (Å²) in [5.41, 5.74) is 6.42. The van der Waals surface area contributed by atoms with Crippen molar-refractivity contribution >= 4 is 40.5 Å². The number of hydrogen-bond acceptors (Lipinski definition) is 5. The summed E-state index contributed by atoms with van der Waals surface area (Å²) in [7, 11) is 1.49. The first kappa shape index (κ1) is 14.4. The number of carbonyl (C=O) groups excluding carboxylic acids is 1. The summed E-state index contributed by atoms with van der Waals surface area (Å²) in [6, 6.07) is 4.73. The quantitative estimate of drug-likeness (QED) is 0.671. The summed E-state index contributed by atoms with van der Waals surface area (Å²) in [6.07, 6.45) is 1.19. The fourth-order valence-corrected chi connectivity index (χ4v) is 1.90. The average molecular weight is 313 g/mol. The molecule has 6 nitrogen and oxygen atoms in total. The summed E-state index contributed by atoms with van der Waals surface area (Å²) in [6.45, 7) is 0. The number of benzene rings is 1. The number of methoxy groups -OCH3 is 1. The number of nitrogen functional groups attached to an aromatic ring is 1. The van der Waals surface area contributed by atoms with Crippen molar-refractivity contribution < 1.29 is 9.53 Å². The number of carbonyl (C=O) groups is 1. The number of nitrogens with zero attached hydrogens (tertiary/aromatic N) is 2. The van der Waals surface area contributed by atoms with Crippen LogP contribution < -0.4 is 15.8 Å². The largest absolute Gasteiger partial charge is 0.497 e. The first-order chi connectivity index (χ1) is 9.52. The van der Waals surface area contributed by atoms with E-state index in [9.17, 15) is 4.79 Å². The predicted octanol–water partition coefficient (Wildman–Crippen LogP) is 2.63. The summed E-state index contributed by atoms with van der Waals surface area (Å²) in [5.74, 6) is 0.0193. The van der Waals surface area contributed by atoms with Gasteiger partial charge in [-0.2, -0.15) is 0 Å². The van der Waals surface area contributed by atoms with Crippen molar-refractivity contribution in [2.45, 2.75) is 0 Å². The van der Waals surface area contributed by atoms with Gasteiger partial charge in [-0.25, -0.2) is 9.97 Å². The molecule has 0 spiro atoms. The van der Waals surface area contributed by atoms with Crippen LogP contribution in [0.25, 0.3) is 0 Å². The molecule has 8 heteroatoms. The van der Waals surface area contributed by atoms with Crippen molar-refractivity contribution in [3.63, 3.8) is 0 Å². The van der Waals surface area contributed by atoms with Gasteiger partial charge in [0.2, 0.25) is 0 Å². The second-order valence-electron chi connectivity index (χ2n) is 3.74. The number of nitrogens with one attached hydrogen (secondary N) is 1. The van der Waals surface area contributed by atoms with E-state index in [4.69, 9.17) is 33.7 Å². The molecule has 104 valence electrons. The van der Waals surface area contributed by atoms with Crippen LogP contribution in [0.1, 0.15) is 10.4 Å². The lowest BCUT2D eigenvalue weighted by Crippen LogP contribution is -2.15. The Bertz CT molecular complexity index is 644. The molecule has 0 atom stereocenters. The van der Waals surface area contributed by atoms with Crippen molar-refractivity contribution in [1.82, 2.24) is 9.97 Å². The Hall–Kier alpha value is -2.05. The maximum atomic E-state index is 12.2. The van der Waals surface area contributed by atoms with Gasteiger partial charge in [0.05, 0.1) is 12.7 Å². The second kappa shape index (κ2) is 5.94. The van der Waals surface area contributed by atoms with Crippen LogP contribution in [0.3, 0.4) is 0 Å². The van der Waals surface area contributed by atoms with E-state index in [-0.39, 0.29) is 21.6 Å². The number of anilines is 2. The maximum Gasteiger partial charge on any atom is 0.258 e. The van der Waals surface area contributed by atoms with Gasteiger partial charge in [0.25, 0.3) is 5.91 Å².